The van der Waals surface area contributed by atoms with Crippen LogP contribution >= 0.6 is 0 Å². The number of nitrogens with zero attached hydrogens (tertiary/aromatic N) is 3. The van der Waals surface area contributed by atoms with Crippen molar-refractivity contribution in [2.75, 3.05) is 39.3 Å². The van der Waals surface area contributed by atoms with Crippen LogP contribution in [0, 0.1) is 6.92 Å². The van der Waals surface area contributed by atoms with E-state index < -0.39 is 26.0 Å². The van der Waals surface area contributed by atoms with Crippen LogP contribution in [0.3, 0.4) is 0 Å². The molecule has 1 saturated heterocycles. The zero-order chi connectivity index (χ0) is 24.4. The number of hydrogen-bond donors (Lipinski definition) is 1. The summed E-state index contributed by atoms with van der Waals surface area (Å²) in [6.07, 6.45) is 0. The van der Waals surface area contributed by atoms with Gasteiger partial charge in [0.05, 0.1) is 15.4 Å². The summed E-state index contributed by atoms with van der Waals surface area (Å²) in [6, 6.07) is 10.2. The quantitative estimate of drug-likeness (QED) is 0.627. The summed E-state index contributed by atoms with van der Waals surface area (Å²) in [6.45, 7) is 6.31. The van der Waals surface area contributed by atoms with E-state index in [1.807, 2.05) is 6.92 Å². The molecule has 1 fully saturated rings. The van der Waals surface area contributed by atoms with E-state index in [2.05, 4.69) is 0 Å². The molecule has 0 spiro atoms. The highest BCUT2D eigenvalue weighted by atomic mass is 32.2. The van der Waals surface area contributed by atoms with Crippen molar-refractivity contribution in [3.05, 3.63) is 53.6 Å². The molecule has 0 saturated carbocycles. The number of carbonyl (C=O) groups excluding carboxylic acids is 1. The summed E-state index contributed by atoms with van der Waals surface area (Å²) in [5, 5.41) is 10.2. The molecule has 2 aromatic rings. The second-order valence-electron chi connectivity index (χ2n) is 7.78. The van der Waals surface area contributed by atoms with Crippen molar-refractivity contribution < 1.29 is 26.7 Å². The van der Waals surface area contributed by atoms with E-state index in [4.69, 9.17) is 0 Å². The molecule has 1 N–H and O–H groups in total. The van der Waals surface area contributed by atoms with Crippen LogP contribution in [0.1, 0.15) is 29.8 Å². The fourth-order valence-corrected chi connectivity index (χ4v) is 6.63. The minimum atomic E-state index is -3.80. The summed E-state index contributed by atoms with van der Waals surface area (Å²) >= 11 is 0. The lowest BCUT2D eigenvalue weighted by Gasteiger charge is -2.34. The van der Waals surface area contributed by atoms with Gasteiger partial charge in [-0.05, 0) is 37.3 Å². The standard InChI is InChI=1S/C22H29N3O6S2/c1-4-24(5-2)33(30,31)19-10-11-21(26)20(16-19)22(27)23-12-14-25(15-13-23)32(28,29)18-8-6-17(3)7-9-18/h6-11,16,26H,4-5,12-15H2,1-3H3. The van der Waals surface area contributed by atoms with Crippen LogP contribution < -0.4 is 0 Å². The third-order valence-electron chi connectivity index (χ3n) is 5.73. The van der Waals surface area contributed by atoms with E-state index in [-0.39, 0.29) is 60.4 Å². The van der Waals surface area contributed by atoms with Crippen molar-refractivity contribution in [2.24, 2.45) is 0 Å². The fraction of sp³-hybridized carbons (Fsp3) is 0.409. The molecule has 1 heterocycles. The zero-order valence-electron chi connectivity index (χ0n) is 18.9. The normalized spacial score (nSPS) is 15.7. The van der Waals surface area contributed by atoms with Gasteiger partial charge in [-0.25, -0.2) is 16.8 Å². The number of aromatic hydroxyl groups is 1. The van der Waals surface area contributed by atoms with E-state index in [9.17, 15) is 26.7 Å². The average Bonchev–Trinajstić information content (AvgIpc) is 2.80. The van der Waals surface area contributed by atoms with Crippen LogP contribution in [0.4, 0.5) is 0 Å². The topological polar surface area (TPSA) is 115 Å². The summed E-state index contributed by atoms with van der Waals surface area (Å²) in [5.74, 6) is -0.871. The van der Waals surface area contributed by atoms with Gasteiger partial charge in [-0.1, -0.05) is 31.5 Å². The number of rotatable bonds is 7. The summed E-state index contributed by atoms with van der Waals surface area (Å²) in [7, 11) is -7.48. The number of phenolic OH excluding ortho intramolecular Hbond substituents is 1. The summed E-state index contributed by atoms with van der Waals surface area (Å²) < 4.78 is 54.0. The molecule has 180 valence electrons. The SMILES string of the molecule is CCN(CC)S(=O)(=O)c1ccc(O)c(C(=O)N2CCN(S(=O)(=O)c3ccc(C)cc3)CC2)c1. The second kappa shape index (κ2) is 9.80. The minimum Gasteiger partial charge on any atom is -0.507 e. The number of hydrogen-bond acceptors (Lipinski definition) is 6. The van der Waals surface area contributed by atoms with Gasteiger partial charge < -0.3 is 10.0 Å². The van der Waals surface area contributed by atoms with Crippen LogP contribution in [0.25, 0.3) is 0 Å². The Morgan fingerprint density at radius 3 is 2.00 bits per heavy atom. The molecule has 1 amide bonds. The van der Waals surface area contributed by atoms with Gasteiger partial charge in [0.2, 0.25) is 20.0 Å². The number of phenols is 1. The summed E-state index contributed by atoms with van der Waals surface area (Å²) in [4.78, 5) is 14.6. The van der Waals surface area contributed by atoms with Gasteiger partial charge in [-0.2, -0.15) is 8.61 Å². The van der Waals surface area contributed by atoms with Crippen LogP contribution in [-0.2, 0) is 20.0 Å². The Morgan fingerprint density at radius 2 is 1.45 bits per heavy atom. The predicted molar refractivity (Wildman–Crippen MR) is 124 cm³/mol. The maximum Gasteiger partial charge on any atom is 0.257 e. The first-order valence-corrected chi connectivity index (χ1v) is 13.6. The number of carbonyl (C=O) groups is 1. The van der Waals surface area contributed by atoms with Crippen molar-refractivity contribution in [1.29, 1.82) is 0 Å². The van der Waals surface area contributed by atoms with E-state index in [0.717, 1.165) is 5.56 Å². The minimum absolute atomic E-state index is 0.0760. The first-order valence-electron chi connectivity index (χ1n) is 10.7. The van der Waals surface area contributed by atoms with E-state index >= 15 is 0 Å². The highest BCUT2D eigenvalue weighted by Crippen LogP contribution is 2.26. The Morgan fingerprint density at radius 1 is 0.909 bits per heavy atom. The molecule has 11 heteroatoms. The van der Waals surface area contributed by atoms with Gasteiger partial charge in [-0.15, -0.1) is 0 Å². The molecule has 33 heavy (non-hydrogen) atoms. The Labute approximate surface area is 195 Å². The molecular formula is C22H29N3O6S2. The van der Waals surface area contributed by atoms with Gasteiger partial charge in [0.1, 0.15) is 5.75 Å². The molecule has 3 rings (SSSR count). The molecule has 1 aliphatic rings. The van der Waals surface area contributed by atoms with E-state index in [1.54, 1.807) is 38.1 Å². The Kier molecular flexibility index (Phi) is 7.47. The lowest BCUT2D eigenvalue weighted by Crippen LogP contribution is -2.50. The predicted octanol–water partition coefficient (Wildman–Crippen LogP) is 1.88. The van der Waals surface area contributed by atoms with Gasteiger partial charge in [0.25, 0.3) is 5.91 Å². The van der Waals surface area contributed by atoms with Gasteiger partial charge >= 0.3 is 0 Å². The van der Waals surface area contributed by atoms with Crippen molar-refractivity contribution in [3.8, 4) is 5.75 Å². The van der Waals surface area contributed by atoms with Crippen LogP contribution in [0.5, 0.6) is 5.75 Å². The van der Waals surface area contributed by atoms with E-state index in [1.165, 1.54) is 31.7 Å². The molecule has 0 atom stereocenters. The van der Waals surface area contributed by atoms with Gasteiger partial charge in [0, 0.05) is 39.3 Å². The van der Waals surface area contributed by atoms with Crippen molar-refractivity contribution in [2.45, 2.75) is 30.6 Å². The molecular weight excluding hydrogens is 466 g/mol. The number of sulfonamides is 2. The summed E-state index contributed by atoms with van der Waals surface area (Å²) in [5.41, 5.74) is 0.826. The second-order valence-corrected chi connectivity index (χ2v) is 11.7. The number of benzene rings is 2. The maximum absolute atomic E-state index is 13.1. The van der Waals surface area contributed by atoms with Crippen molar-refractivity contribution in [1.82, 2.24) is 13.5 Å². The third kappa shape index (κ3) is 5.06. The zero-order valence-corrected chi connectivity index (χ0v) is 20.6. The number of piperazine rings is 1. The molecule has 0 bridgehead atoms. The third-order valence-corrected chi connectivity index (χ3v) is 9.68. The lowest BCUT2D eigenvalue weighted by molar-refractivity contribution is 0.0694. The van der Waals surface area contributed by atoms with Crippen molar-refractivity contribution >= 4 is 26.0 Å². The molecule has 0 radical (unpaired) electrons. The number of aryl methyl sites for hydroxylation is 1. The maximum atomic E-state index is 13.1. The largest absolute Gasteiger partial charge is 0.507 e. The molecule has 0 aliphatic carbocycles. The lowest BCUT2D eigenvalue weighted by atomic mass is 10.1. The van der Waals surface area contributed by atoms with Crippen LogP contribution in [0.15, 0.2) is 52.3 Å². The van der Waals surface area contributed by atoms with Gasteiger partial charge in [0.15, 0.2) is 0 Å². The highest BCUT2D eigenvalue weighted by Gasteiger charge is 2.32. The molecule has 0 unspecified atom stereocenters. The Hall–Kier alpha value is -2.47. The smallest absolute Gasteiger partial charge is 0.257 e. The highest BCUT2D eigenvalue weighted by molar-refractivity contribution is 7.89. The Balaban J connectivity index is 1.78. The monoisotopic (exact) mass is 495 g/mol. The molecule has 0 aromatic heterocycles. The van der Waals surface area contributed by atoms with Crippen LogP contribution in [0.2, 0.25) is 0 Å². The number of amides is 1. The molecule has 2 aromatic carbocycles. The van der Waals surface area contributed by atoms with Crippen LogP contribution in [-0.4, -0.2) is 80.6 Å². The fourth-order valence-electron chi connectivity index (χ4n) is 3.72. The first kappa shape index (κ1) is 25.2. The van der Waals surface area contributed by atoms with Gasteiger partial charge in [-0.3, -0.25) is 4.79 Å². The molecule has 9 nitrogen and oxygen atoms in total. The van der Waals surface area contributed by atoms with E-state index in [0.29, 0.717) is 0 Å². The molecule has 1 aliphatic heterocycles. The van der Waals surface area contributed by atoms with Crippen molar-refractivity contribution in [3.63, 3.8) is 0 Å². The average molecular weight is 496 g/mol. The first-order chi connectivity index (χ1) is 15.5. The Bertz CT molecular complexity index is 1220.